The highest BCUT2D eigenvalue weighted by Gasteiger charge is 2.15. The third kappa shape index (κ3) is 5.30. The summed E-state index contributed by atoms with van der Waals surface area (Å²) in [5.74, 6) is 1.98. The fraction of sp³-hybridized carbons (Fsp3) is 0.562. The van der Waals surface area contributed by atoms with Crippen molar-refractivity contribution in [3.8, 4) is 17.6 Å². The van der Waals surface area contributed by atoms with Crippen LogP contribution >= 0.6 is 11.6 Å². The zero-order valence-electron chi connectivity index (χ0n) is 12.4. The molecule has 0 atom stereocenters. The molecule has 0 bridgehead atoms. The van der Waals surface area contributed by atoms with Crippen LogP contribution in [-0.2, 0) is 5.88 Å². The molecule has 0 saturated heterocycles. The van der Waals surface area contributed by atoms with Crippen LogP contribution < -0.4 is 9.47 Å². The predicted molar refractivity (Wildman–Crippen MR) is 81.3 cm³/mol. The van der Waals surface area contributed by atoms with Crippen LogP contribution in [0.15, 0.2) is 18.2 Å². The first-order chi connectivity index (χ1) is 9.52. The smallest absolute Gasteiger partial charge is 0.123 e. The molecule has 0 N–H and O–H groups in total. The van der Waals surface area contributed by atoms with Gasteiger partial charge in [0.05, 0.1) is 31.1 Å². The third-order valence-electron chi connectivity index (χ3n) is 3.17. The van der Waals surface area contributed by atoms with Crippen molar-refractivity contribution in [2.45, 2.75) is 39.0 Å². The van der Waals surface area contributed by atoms with Gasteiger partial charge >= 0.3 is 0 Å². The Bertz CT molecular complexity index is 466. The maximum Gasteiger partial charge on any atom is 0.123 e. The maximum absolute atomic E-state index is 8.94. The molecule has 0 aliphatic rings. The normalized spacial score (nSPS) is 10.9. The summed E-state index contributed by atoms with van der Waals surface area (Å²) in [6.07, 6.45) is 2.80. The van der Waals surface area contributed by atoms with Gasteiger partial charge in [-0.15, -0.1) is 11.6 Å². The Morgan fingerprint density at radius 3 is 2.65 bits per heavy atom. The van der Waals surface area contributed by atoms with Crippen LogP contribution in [0.4, 0.5) is 0 Å². The summed E-state index contributed by atoms with van der Waals surface area (Å²) < 4.78 is 10.9. The second-order valence-electron chi connectivity index (χ2n) is 5.41. The molecule has 0 heterocycles. The molecule has 0 fully saturated rings. The molecule has 0 unspecified atom stereocenters. The summed E-state index contributed by atoms with van der Waals surface area (Å²) in [6.45, 7) is 4.56. The Kier molecular flexibility index (Phi) is 6.67. The number of hydrogen-bond acceptors (Lipinski definition) is 3. The lowest BCUT2D eigenvalue weighted by Gasteiger charge is -2.15. The van der Waals surface area contributed by atoms with E-state index in [4.69, 9.17) is 26.3 Å². The van der Waals surface area contributed by atoms with Gasteiger partial charge in [-0.1, -0.05) is 0 Å². The topological polar surface area (TPSA) is 42.2 Å². The molecule has 20 heavy (non-hydrogen) atoms. The van der Waals surface area contributed by atoms with Crippen molar-refractivity contribution in [2.24, 2.45) is 5.41 Å². The van der Waals surface area contributed by atoms with Crippen LogP contribution in [-0.4, -0.2) is 13.7 Å². The minimum absolute atomic E-state index is 0.249. The highest BCUT2D eigenvalue weighted by molar-refractivity contribution is 6.17. The lowest BCUT2D eigenvalue weighted by molar-refractivity contribution is 0.292. The first-order valence-corrected chi connectivity index (χ1v) is 7.33. The van der Waals surface area contributed by atoms with Crippen molar-refractivity contribution in [3.63, 3.8) is 0 Å². The van der Waals surface area contributed by atoms with Gasteiger partial charge in [0, 0.05) is 5.56 Å². The quantitative estimate of drug-likeness (QED) is 0.522. The minimum atomic E-state index is -0.249. The van der Waals surface area contributed by atoms with Gasteiger partial charge in [-0.3, -0.25) is 0 Å². The molecule has 0 saturated carbocycles. The highest BCUT2D eigenvalue weighted by atomic mass is 35.5. The van der Waals surface area contributed by atoms with Gasteiger partial charge < -0.3 is 9.47 Å². The number of nitrogens with zero attached hydrogens (tertiary/aromatic N) is 1. The summed E-state index contributed by atoms with van der Waals surface area (Å²) >= 11 is 5.91. The van der Waals surface area contributed by atoms with Crippen molar-refractivity contribution in [1.29, 1.82) is 5.26 Å². The van der Waals surface area contributed by atoms with E-state index in [-0.39, 0.29) is 5.41 Å². The summed E-state index contributed by atoms with van der Waals surface area (Å²) in [5, 5.41) is 8.94. The Morgan fingerprint density at radius 2 is 2.05 bits per heavy atom. The van der Waals surface area contributed by atoms with Crippen molar-refractivity contribution >= 4 is 11.6 Å². The second kappa shape index (κ2) is 8.01. The number of methoxy groups -OCH3 is 1. The number of unbranched alkanes of at least 4 members (excludes halogenated alkanes) is 1. The minimum Gasteiger partial charge on any atom is -0.497 e. The van der Waals surface area contributed by atoms with E-state index >= 15 is 0 Å². The van der Waals surface area contributed by atoms with Crippen LogP contribution in [0.1, 0.15) is 38.7 Å². The molecule has 1 aromatic carbocycles. The lowest BCUT2D eigenvalue weighted by atomic mass is 9.89. The summed E-state index contributed by atoms with van der Waals surface area (Å²) in [4.78, 5) is 0. The second-order valence-corrected chi connectivity index (χ2v) is 5.68. The third-order valence-corrected chi connectivity index (χ3v) is 3.46. The van der Waals surface area contributed by atoms with Crippen molar-refractivity contribution in [2.75, 3.05) is 13.7 Å². The van der Waals surface area contributed by atoms with E-state index in [1.165, 1.54) is 0 Å². The summed E-state index contributed by atoms with van der Waals surface area (Å²) in [5.41, 5.74) is 0.685. The van der Waals surface area contributed by atoms with Gasteiger partial charge in [0.1, 0.15) is 11.5 Å². The molecule has 4 heteroatoms. The molecule has 110 valence electrons. The monoisotopic (exact) mass is 295 g/mol. The van der Waals surface area contributed by atoms with E-state index in [1.54, 1.807) is 7.11 Å². The van der Waals surface area contributed by atoms with Gasteiger partial charge in [0.25, 0.3) is 0 Å². The van der Waals surface area contributed by atoms with Crippen molar-refractivity contribution < 1.29 is 9.47 Å². The summed E-state index contributed by atoms with van der Waals surface area (Å²) in [7, 11) is 1.63. The van der Waals surface area contributed by atoms with E-state index in [0.717, 1.165) is 36.3 Å². The molecule has 1 aromatic rings. The Morgan fingerprint density at radius 1 is 1.30 bits per heavy atom. The van der Waals surface area contributed by atoms with E-state index in [9.17, 15) is 0 Å². The summed E-state index contributed by atoms with van der Waals surface area (Å²) in [6, 6.07) is 7.95. The average molecular weight is 296 g/mol. The van der Waals surface area contributed by atoms with E-state index in [2.05, 4.69) is 6.07 Å². The standard InChI is InChI=1S/C16H22ClNO2/c1-16(2,12-18)8-4-5-9-20-15-7-6-14(19-3)10-13(15)11-17/h6-7,10H,4-5,8-9,11H2,1-3H3. The fourth-order valence-electron chi connectivity index (χ4n) is 1.84. The first-order valence-electron chi connectivity index (χ1n) is 6.79. The van der Waals surface area contributed by atoms with Gasteiger partial charge in [0.15, 0.2) is 0 Å². The van der Waals surface area contributed by atoms with Crippen LogP contribution in [0.2, 0.25) is 0 Å². The number of halogens is 1. The zero-order chi connectivity index (χ0) is 15.0. The predicted octanol–water partition coefficient (Wildman–Crippen LogP) is 4.53. The van der Waals surface area contributed by atoms with Crippen molar-refractivity contribution in [1.82, 2.24) is 0 Å². The van der Waals surface area contributed by atoms with E-state index in [0.29, 0.717) is 12.5 Å². The molecule has 0 amide bonds. The lowest BCUT2D eigenvalue weighted by Crippen LogP contribution is -2.08. The largest absolute Gasteiger partial charge is 0.497 e. The zero-order valence-corrected chi connectivity index (χ0v) is 13.2. The van der Waals surface area contributed by atoms with Gasteiger partial charge in [-0.25, -0.2) is 0 Å². The highest BCUT2D eigenvalue weighted by Crippen LogP contribution is 2.26. The number of hydrogen-bond donors (Lipinski definition) is 0. The van der Waals surface area contributed by atoms with Crippen molar-refractivity contribution in [3.05, 3.63) is 23.8 Å². The average Bonchev–Trinajstić information content (AvgIpc) is 2.46. The molecule has 0 aliphatic carbocycles. The van der Waals surface area contributed by atoms with Gasteiger partial charge in [-0.2, -0.15) is 5.26 Å². The number of ether oxygens (including phenoxy) is 2. The molecular formula is C16H22ClNO2. The molecule has 0 aliphatic heterocycles. The maximum atomic E-state index is 8.94. The fourth-order valence-corrected chi connectivity index (χ4v) is 2.04. The molecule has 1 rings (SSSR count). The number of rotatable bonds is 8. The number of alkyl halides is 1. The molecule has 0 radical (unpaired) electrons. The van der Waals surface area contributed by atoms with E-state index in [1.807, 2.05) is 32.0 Å². The Labute approximate surface area is 126 Å². The Hall–Kier alpha value is -1.40. The number of nitriles is 1. The van der Waals surface area contributed by atoms with Gasteiger partial charge in [0.2, 0.25) is 0 Å². The molecule has 0 aromatic heterocycles. The molecule has 3 nitrogen and oxygen atoms in total. The first kappa shape index (κ1) is 16.7. The van der Waals surface area contributed by atoms with E-state index < -0.39 is 0 Å². The van der Waals surface area contributed by atoms with Crippen LogP contribution in [0.3, 0.4) is 0 Å². The van der Waals surface area contributed by atoms with Gasteiger partial charge in [-0.05, 0) is 51.3 Å². The van der Waals surface area contributed by atoms with Crippen LogP contribution in [0, 0.1) is 16.7 Å². The molecular weight excluding hydrogens is 274 g/mol. The van der Waals surface area contributed by atoms with Crippen LogP contribution in [0.5, 0.6) is 11.5 Å². The van der Waals surface area contributed by atoms with Crippen LogP contribution in [0.25, 0.3) is 0 Å². The number of benzene rings is 1. The SMILES string of the molecule is COc1ccc(OCCCCC(C)(C)C#N)c(CCl)c1. The molecule has 0 spiro atoms. The Balaban J connectivity index is 2.41.